The quantitative estimate of drug-likeness (QED) is 0.719. The van der Waals surface area contributed by atoms with Crippen molar-refractivity contribution in [2.45, 2.75) is 84.3 Å². The van der Waals surface area contributed by atoms with E-state index < -0.39 is 6.10 Å². The Hall–Kier alpha value is -0.670. The van der Waals surface area contributed by atoms with Crippen LogP contribution in [0.3, 0.4) is 0 Å². The average molecular weight is 372 g/mol. The lowest BCUT2D eigenvalue weighted by atomic mass is 9.43. The number of likely N-dealkylation sites (N-methyl/N-ethyl adjacent to an activating group) is 1. The number of ketones is 1. The van der Waals surface area contributed by atoms with Crippen molar-refractivity contribution in [2.24, 2.45) is 39.4 Å². The Balaban J connectivity index is 1.53. The summed E-state index contributed by atoms with van der Waals surface area (Å²) in [5.41, 5.74) is 2.45. The zero-order valence-electron chi connectivity index (χ0n) is 17.6. The third-order valence-electron chi connectivity index (χ3n) is 11.0. The number of nitrogens with one attached hydrogen (secondary N) is 1. The number of fused-ring (bicyclic) bond motifs is 2. The Labute approximate surface area is 164 Å². The van der Waals surface area contributed by atoms with E-state index in [-0.39, 0.29) is 22.5 Å². The van der Waals surface area contributed by atoms with Crippen LogP contribution in [0.4, 0.5) is 0 Å². The topological polar surface area (TPSA) is 49.3 Å². The Morgan fingerprint density at radius 2 is 1.85 bits per heavy atom. The molecule has 5 saturated carbocycles. The van der Waals surface area contributed by atoms with Crippen molar-refractivity contribution < 1.29 is 9.90 Å². The fourth-order valence-electron chi connectivity index (χ4n) is 9.75. The van der Waals surface area contributed by atoms with Crippen molar-refractivity contribution in [3.05, 3.63) is 12.2 Å². The third kappa shape index (κ3) is 1.85. The van der Waals surface area contributed by atoms with Gasteiger partial charge in [-0.05, 0) is 98.8 Å². The maximum atomic E-state index is 12.5. The maximum absolute atomic E-state index is 12.5. The Morgan fingerprint density at radius 3 is 2.52 bits per heavy atom. The molecule has 150 valence electrons. The zero-order chi connectivity index (χ0) is 19.4. The summed E-state index contributed by atoms with van der Waals surface area (Å²) in [6.07, 6.45) is 9.19. The number of hydrogen-bond acceptors (Lipinski definition) is 3. The minimum Gasteiger partial charge on any atom is -0.392 e. The molecule has 3 heteroatoms. The molecule has 3 nitrogen and oxygen atoms in total. The number of Topliss-reactive ketones (excluding diaryl/α,β-unsaturated/α-hetero) is 1. The van der Waals surface area contributed by atoms with E-state index in [4.69, 9.17) is 0 Å². The summed E-state index contributed by atoms with van der Waals surface area (Å²) >= 11 is 0. The van der Waals surface area contributed by atoms with Crippen LogP contribution in [0.2, 0.25) is 0 Å². The normalized spacial score (nSPS) is 58.7. The second kappa shape index (κ2) is 5.27. The van der Waals surface area contributed by atoms with Crippen LogP contribution in [-0.2, 0) is 4.79 Å². The lowest BCUT2D eigenvalue weighted by molar-refractivity contribution is -0.141. The summed E-state index contributed by atoms with van der Waals surface area (Å²) in [6, 6.07) is 0.495. The van der Waals surface area contributed by atoms with Gasteiger partial charge in [-0.15, -0.1) is 0 Å². The van der Waals surface area contributed by atoms with E-state index in [1.165, 1.54) is 44.1 Å². The lowest BCUT2D eigenvalue weighted by Gasteiger charge is -2.61. The van der Waals surface area contributed by atoms with Gasteiger partial charge in [-0.2, -0.15) is 0 Å². The third-order valence-corrected chi connectivity index (χ3v) is 11.0. The van der Waals surface area contributed by atoms with Crippen LogP contribution in [-0.4, -0.2) is 30.1 Å². The molecule has 0 heterocycles. The van der Waals surface area contributed by atoms with E-state index in [0.29, 0.717) is 28.7 Å². The van der Waals surface area contributed by atoms with Crippen molar-refractivity contribution in [1.82, 2.24) is 5.32 Å². The number of aliphatic hydroxyl groups excluding tert-OH is 1. The molecule has 0 aliphatic heterocycles. The summed E-state index contributed by atoms with van der Waals surface area (Å²) in [4.78, 5) is 12.5. The highest BCUT2D eigenvalue weighted by Gasteiger charge is 2.81. The summed E-state index contributed by atoms with van der Waals surface area (Å²) < 4.78 is 0. The van der Waals surface area contributed by atoms with Crippen molar-refractivity contribution >= 4 is 5.78 Å². The molecule has 5 aliphatic carbocycles. The van der Waals surface area contributed by atoms with Gasteiger partial charge < -0.3 is 10.4 Å². The van der Waals surface area contributed by atoms with Crippen molar-refractivity contribution in [3.63, 3.8) is 0 Å². The van der Waals surface area contributed by atoms with Crippen LogP contribution in [0.15, 0.2) is 12.2 Å². The van der Waals surface area contributed by atoms with Gasteiger partial charge >= 0.3 is 0 Å². The van der Waals surface area contributed by atoms with Crippen LogP contribution in [0.25, 0.3) is 0 Å². The molecular formula is C24H37NO2. The first-order chi connectivity index (χ1) is 12.7. The first-order valence-electron chi connectivity index (χ1n) is 11.2. The molecule has 27 heavy (non-hydrogen) atoms. The number of hydrogen-bond donors (Lipinski definition) is 2. The molecule has 9 atom stereocenters. The van der Waals surface area contributed by atoms with Crippen LogP contribution in [0, 0.1) is 39.4 Å². The smallest absolute Gasteiger partial charge is 0.136 e. The van der Waals surface area contributed by atoms with Crippen molar-refractivity contribution in [1.29, 1.82) is 0 Å². The van der Waals surface area contributed by atoms with E-state index in [1.807, 2.05) is 0 Å². The monoisotopic (exact) mass is 371 g/mol. The highest BCUT2D eigenvalue weighted by molar-refractivity contribution is 5.80. The van der Waals surface area contributed by atoms with Crippen molar-refractivity contribution in [3.8, 4) is 0 Å². The summed E-state index contributed by atoms with van der Waals surface area (Å²) in [6.45, 7) is 11.0. The zero-order valence-corrected chi connectivity index (χ0v) is 17.6. The second-order valence-electron chi connectivity index (χ2n) is 11.3. The largest absolute Gasteiger partial charge is 0.392 e. The Kier molecular flexibility index (Phi) is 3.59. The molecule has 5 fully saturated rings. The lowest BCUT2D eigenvalue weighted by Crippen LogP contribution is -2.55. The van der Waals surface area contributed by atoms with Gasteiger partial charge in [0.25, 0.3) is 0 Å². The number of carbonyl (C=O) groups is 1. The van der Waals surface area contributed by atoms with Crippen LogP contribution in [0.1, 0.15) is 72.1 Å². The minimum absolute atomic E-state index is 0.0377. The number of carbonyl (C=O) groups excluding carboxylic acids is 1. The number of rotatable bonds is 2. The molecule has 0 bridgehead atoms. The molecule has 0 amide bonds. The summed E-state index contributed by atoms with van der Waals surface area (Å²) in [7, 11) is 2.08. The van der Waals surface area contributed by atoms with Gasteiger partial charge in [0, 0.05) is 12.0 Å². The standard InChI is InChI=1S/C24H37NO2/c1-14-16-6-7-19-22(4)12-18(27)20(15(2)26)21(22,3)10-11-24(19)13-23(16,24)9-8-17(14)25-5/h16-20,25,27H,1,6-13H2,2-5H3/t16-,17-,18-,19-,20-,21+,22-,23+,24+/m0/s1. The van der Waals surface area contributed by atoms with Gasteiger partial charge in [0.2, 0.25) is 0 Å². The van der Waals surface area contributed by atoms with Gasteiger partial charge in [0.1, 0.15) is 5.78 Å². The SMILES string of the molecule is C=C1[C@@H](NC)CC[C@]23C[C@@]24CC[C@]2(C)[C@@H](C(C)=O)[C@@H](O)C[C@@]2(C)[C@@H]4CC[C@@H]13. The second-order valence-corrected chi connectivity index (χ2v) is 11.3. The highest BCUT2D eigenvalue weighted by atomic mass is 16.3. The molecule has 2 spiro atoms. The van der Waals surface area contributed by atoms with E-state index in [9.17, 15) is 9.90 Å². The summed E-state index contributed by atoms with van der Waals surface area (Å²) in [5.74, 6) is 1.38. The van der Waals surface area contributed by atoms with Gasteiger partial charge in [0.15, 0.2) is 0 Å². The van der Waals surface area contributed by atoms with E-state index >= 15 is 0 Å². The van der Waals surface area contributed by atoms with Crippen molar-refractivity contribution in [2.75, 3.05) is 7.05 Å². The van der Waals surface area contributed by atoms with Crippen LogP contribution < -0.4 is 5.32 Å². The van der Waals surface area contributed by atoms with E-state index in [0.717, 1.165) is 12.8 Å². The first-order valence-corrected chi connectivity index (χ1v) is 11.2. The Morgan fingerprint density at radius 1 is 1.11 bits per heavy atom. The van der Waals surface area contributed by atoms with Gasteiger partial charge in [0.05, 0.1) is 6.10 Å². The van der Waals surface area contributed by atoms with Crippen LogP contribution in [0.5, 0.6) is 0 Å². The van der Waals surface area contributed by atoms with E-state index in [2.05, 4.69) is 32.8 Å². The van der Waals surface area contributed by atoms with E-state index in [1.54, 1.807) is 6.92 Å². The first kappa shape index (κ1) is 18.4. The highest BCUT2D eigenvalue weighted by Crippen LogP contribution is 2.87. The molecule has 0 radical (unpaired) electrons. The number of aliphatic hydroxyl groups is 1. The predicted octanol–water partition coefficient (Wildman–Crippen LogP) is 4.10. The fourth-order valence-corrected chi connectivity index (χ4v) is 9.75. The molecule has 0 aromatic rings. The van der Waals surface area contributed by atoms with Gasteiger partial charge in [-0.3, -0.25) is 4.79 Å². The Bertz CT molecular complexity index is 717. The molecular weight excluding hydrogens is 334 g/mol. The molecule has 0 aromatic heterocycles. The molecule has 0 aromatic carbocycles. The van der Waals surface area contributed by atoms with Gasteiger partial charge in [-0.25, -0.2) is 0 Å². The average Bonchev–Trinajstić information content (AvgIpc) is 3.20. The molecule has 0 saturated heterocycles. The summed E-state index contributed by atoms with van der Waals surface area (Å²) in [5, 5.41) is 14.4. The predicted molar refractivity (Wildman–Crippen MR) is 107 cm³/mol. The molecule has 2 N–H and O–H groups in total. The molecule has 5 rings (SSSR count). The van der Waals surface area contributed by atoms with Gasteiger partial charge in [-0.1, -0.05) is 26.0 Å². The maximum Gasteiger partial charge on any atom is 0.136 e. The fraction of sp³-hybridized carbons (Fsp3) is 0.875. The molecule has 5 aliphatic rings. The van der Waals surface area contributed by atoms with Crippen LogP contribution >= 0.6 is 0 Å². The molecule has 0 unspecified atom stereocenters. The minimum atomic E-state index is -0.449.